The lowest BCUT2D eigenvalue weighted by molar-refractivity contribution is -0.120. The van der Waals surface area contributed by atoms with Crippen molar-refractivity contribution in [3.63, 3.8) is 0 Å². The first kappa shape index (κ1) is 25.8. The lowest BCUT2D eigenvalue weighted by Gasteiger charge is -2.31. The van der Waals surface area contributed by atoms with Crippen molar-refractivity contribution in [3.05, 3.63) is 62.6 Å². The molecule has 11 heteroatoms. The summed E-state index contributed by atoms with van der Waals surface area (Å²) in [4.78, 5) is 24.7. The van der Waals surface area contributed by atoms with Crippen molar-refractivity contribution in [3.8, 4) is 0 Å². The van der Waals surface area contributed by atoms with Gasteiger partial charge in [-0.05, 0) is 55.7 Å². The van der Waals surface area contributed by atoms with Gasteiger partial charge in [-0.25, -0.2) is 17.5 Å². The zero-order chi connectivity index (χ0) is 24.2. The predicted octanol–water partition coefficient (Wildman–Crippen LogP) is 5.00. The van der Waals surface area contributed by atoms with Crippen LogP contribution in [0.2, 0.25) is 15.1 Å². The van der Waals surface area contributed by atoms with Crippen LogP contribution in [0, 0.1) is 5.92 Å². The number of carbonyl (C=O) groups is 2. The van der Waals surface area contributed by atoms with Crippen LogP contribution in [0.5, 0.6) is 0 Å². The highest BCUT2D eigenvalue weighted by molar-refractivity contribution is 7.88. The largest absolute Gasteiger partial charge is 0.462 e. The number of anilines is 1. The number of sulfonamides is 1. The Kier molecular flexibility index (Phi) is 8.64. The summed E-state index contributed by atoms with van der Waals surface area (Å²) >= 11 is 18.2. The average Bonchev–Trinajstić information content (AvgIpc) is 2.76. The second-order valence-corrected chi connectivity index (χ2v) is 10.8. The summed E-state index contributed by atoms with van der Waals surface area (Å²) < 4.78 is 32.2. The standard InChI is InChI=1S/C22H23Cl3N2O5S/c1-2-32-22(29)18-8-7-17(11-20(18)25)26-21(28)14-4-3-9-27(12-14)33(30,31)13-15-5-6-16(23)10-19(15)24/h5-8,10-11,14H,2-4,9,12-13H2,1H3,(H,26,28)/t14-/m1/s1. The number of rotatable bonds is 7. The molecular formula is C22H23Cl3N2O5S. The quantitative estimate of drug-likeness (QED) is 0.505. The molecule has 1 aliphatic rings. The highest BCUT2D eigenvalue weighted by Gasteiger charge is 2.33. The molecule has 1 atom stereocenters. The minimum Gasteiger partial charge on any atom is -0.462 e. The monoisotopic (exact) mass is 532 g/mol. The maximum absolute atomic E-state index is 13.0. The first-order valence-electron chi connectivity index (χ1n) is 10.3. The second-order valence-electron chi connectivity index (χ2n) is 7.59. The average molecular weight is 534 g/mol. The summed E-state index contributed by atoms with van der Waals surface area (Å²) in [5.74, 6) is -1.67. The Balaban J connectivity index is 1.66. The number of amides is 1. The molecule has 1 amide bonds. The van der Waals surface area contributed by atoms with Crippen molar-refractivity contribution >= 4 is 62.4 Å². The van der Waals surface area contributed by atoms with Crippen LogP contribution in [-0.2, 0) is 25.3 Å². The molecule has 1 N–H and O–H groups in total. The fraction of sp³-hybridized carbons (Fsp3) is 0.364. The lowest BCUT2D eigenvalue weighted by Crippen LogP contribution is -2.44. The van der Waals surface area contributed by atoms with E-state index >= 15 is 0 Å². The fourth-order valence-electron chi connectivity index (χ4n) is 3.55. The molecule has 1 fully saturated rings. The Morgan fingerprint density at radius 3 is 2.55 bits per heavy atom. The minimum atomic E-state index is -3.69. The Morgan fingerprint density at radius 1 is 1.12 bits per heavy atom. The Hall–Kier alpha value is -1.84. The van der Waals surface area contributed by atoms with Crippen molar-refractivity contribution < 1.29 is 22.7 Å². The van der Waals surface area contributed by atoms with Gasteiger partial charge in [-0.2, -0.15) is 0 Å². The molecule has 1 aliphatic heterocycles. The van der Waals surface area contributed by atoms with E-state index in [1.165, 1.54) is 22.5 Å². The number of piperidine rings is 1. The molecule has 0 bridgehead atoms. The number of halogens is 3. The number of nitrogens with one attached hydrogen (secondary N) is 1. The van der Waals surface area contributed by atoms with Crippen LogP contribution in [-0.4, -0.2) is 44.3 Å². The molecule has 0 aliphatic carbocycles. The molecule has 7 nitrogen and oxygen atoms in total. The summed E-state index contributed by atoms with van der Waals surface area (Å²) in [5, 5.41) is 3.61. The molecule has 1 saturated heterocycles. The van der Waals surface area contributed by atoms with E-state index in [2.05, 4.69) is 5.32 Å². The van der Waals surface area contributed by atoms with Crippen LogP contribution in [0.1, 0.15) is 35.7 Å². The van der Waals surface area contributed by atoms with E-state index in [9.17, 15) is 18.0 Å². The van der Waals surface area contributed by atoms with Crippen LogP contribution in [0.15, 0.2) is 36.4 Å². The van der Waals surface area contributed by atoms with Crippen molar-refractivity contribution in [1.82, 2.24) is 4.31 Å². The first-order chi connectivity index (χ1) is 15.6. The molecule has 3 rings (SSSR count). The molecule has 0 unspecified atom stereocenters. The van der Waals surface area contributed by atoms with Gasteiger partial charge in [-0.1, -0.05) is 40.9 Å². The van der Waals surface area contributed by atoms with Crippen molar-refractivity contribution in [2.45, 2.75) is 25.5 Å². The van der Waals surface area contributed by atoms with Gasteiger partial charge in [0.25, 0.3) is 0 Å². The van der Waals surface area contributed by atoms with Gasteiger partial charge in [0.2, 0.25) is 15.9 Å². The Labute approximate surface area is 208 Å². The number of nitrogens with zero attached hydrogens (tertiary/aromatic N) is 1. The number of carbonyl (C=O) groups excluding carboxylic acids is 2. The van der Waals surface area contributed by atoms with Gasteiger partial charge in [0, 0.05) is 28.8 Å². The number of esters is 1. The molecule has 178 valence electrons. The fourth-order valence-corrected chi connectivity index (χ4v) is 6.00. The zero-order valence-electron chi connectivity index (χ0n) is 17.8. The highest BCUT2D eigenvalue weighted by Crippen LogP contribution is 2.27. The van der Waals surface area contributed by atoms with Gasteiger partial charge >= 0.3 is 5.97 Å². The van der Waals surface area contributed by atoms with Gasteiger partial charge < -0.3 is 10.1 Å². The molecule has 0 spiro atoms. The summed E-state index contributed by atoms with van der Waals surface area (Å²) in [5.41, 5.74) is 1.06. The van der Waals surface area contributed by atoms with E-state index in [1.807, 2.05) is 0 Å². The Bertz CT molecular complexity index is 1160. The van der Waals surface area contributed by atoms with Crippen LogP contribution in [0.25, 0.3) is 0 Å². The third-order valence-electron chi connectivity index (χ3n) is 5.23. The van der Waals surface area contributed by atoms with Crippen LogP contribution >= 0.6 is 34.8 Å². The van der Waals surface area contributed by atoms with E-state index in [1.54, 1.807) is 25.1 Å². The maximum atomic E-state index is 13.0. The zero-order valence-corrected chi connectivity index (χ0v) is 20.9. The van der Waals surface area contributed by atoms with E-state index in [0.29, 0.717) is 35.7 Å². The molecule has 2 aromatic rings. The highest BCUT2D eigenvalue weighted by atomic mass is 35.5. The predicted molar refractivity (Wildman–Crippen MR) is 129 cm³/mol. The molecule has 1 heterocycles. The van der Waals surface area contributed by atoms with Gasteiger partial charge in [0.05, 0.1) is 28.9 Å². The SMILES string of the molecule is CCOC(=O)c1ccc(NC(=O)[C@@H]2CCCN(S(=O)(=O)Cc3ccc(Cl)cc3Cl)C2)cc1Cl. The van der Waals surface area contributed by atoms with E-state index in [0.717, 1.165) is 0 Å². The van der Waals surface area contributed by atoms with Gasteiger partial charge in [-0.3, -0.25) is 4.79 Å². The summed E-state index contributed by atoms with van der Waals surface area (Å²) in [6, 6.07) is 9.16. The molecule has 33 heavy (non-hydrogen) atoms. The van der Waals surface area contributed by atoms with Crippen LogP contribution in [0.4, 0.5) is 5.69 Å². The van der Waals surface area contributed by atoms with E-state index < -0.39 is 21.9 Å². The summed E-state index contributed by atoms with van der Waals surface area (Å²) in [7, 11) is -3.69. The number of benzene rings is 2. The molecule has 0 radical (unpaired) electrons. The third kappa shape index (κ3) is 6.61. The van der Waals surface area contributed by atoms with E-state index in [4.69, 9.17) is 39.5 Å². The van der Waals surface area contributed by atoms with Gasteiger partial charge in [-0.15, -0.1) is 0 Å². The van der Waals surface area contributed by atoms with Crippen molar-refractivity contribution in [2.75, 3.05) is 25.0 Å². The van der Waals surface area contributed by atoms with Crippen molar-refractivity contribution in [1.29, 1.82) is 0 Å². The van der Waals surface area contributed by atoms with Crippen LogP contribution in [0.3, 0.4) is 0 Å². The molecule has 2 aromatic carbocycles. The van der Waals surface area contributed by atoms with Gasteiger partial charge in [0.15, 0.2) is 0 Å². The molecule has 0 aromatic heterocycles. The second kappa shape index (κ2) is 11.1. The number of hydrogen-bond donors (Lipinski definition) is 1. The summed E-state index contributed by atoms with van der Waals surface area (Å²) in [6.45, 7) is 2.31. The van der Waals surface area contributed by atoms with Crippen LogP contribution < -0.4 is 5.32 Å². The molecular weight excluding hydrogens is 511 g/mol. The van der Waals surface area contributed by atoms with E-state index in [-0.39, 0.29) is 40.4 Å². The Morgan fingerprint density at radius 2 is 1.88 bits per heavy atom. The summed E-state index contributed by atoms with van der Waals surface area (Å²) in [6.07, 6.45) is 1.10. The smallest absolute Gasteiger partial charge is 0.339 e. The normalized spacial score (nSPS) is 16.9. The third-order valence-corrected chi connectivity index (χ3v) is 7.93. The minimum absolute atomic E-state index is 0.0635. The molecule has 0 saturated carbocycles. The number of hydrogen-bond acceptors (Lipinski definition) is 5. The van der Waals surface area contributed by atoms with Gasteiger partial charge in [0.1, 0.15) is 0 Å². The first-order valence-corrected chi connectivity index (χ1v) is 13.0. The number of ether oxygens (including phenoxy) is 1. The maximum Gasteiger partial charge on any atom is 0.339 e. The lowest BCUT2D eigenvalue weighted by atomic mass is 9.98. The topological polar surface area (TPSA) is 92.8 Å². The van der Waals surface area contributed by atoms with Crippen molar-refractivity contribution in [2.24, 2.45) is 5.92 Å².